The average Bonchev–Trinajstić information content (AvgIpc) is 2.88. The topological polar surface area (TPSA) is 120 Å². The van der Waals surface area contributed by atoms with Crippen LogP contribution in [-0.2, 0) is 28.5 Å². The van der Waals surface area contributed by atoms with Gasteiger partial charge in [-0.05, 0) is 17.2 Å². The van der Waals surface area contributed by atoms with Crippen molar-refractivity contribution in [3.63, 3.8) is 0 Å². The summed E-state index contributed by atoms with van der Waals surface area (Å²) in [6.07, 6.45) is -5.51. The molecule has 1 fully saturated rings. The molecule has 0 aromatic heterocycles. The van der Waals surface area contributed by atoms with Gasteiger partial charge in [0, 0.05) is 5.56 Å². The summed E-state index contributed by atoms with van der Waals surface area (Å²) in [4.78, 5) is 0. The predicted molar refractivity (Wildman–Crippen MR) is 68.8 cm³/mol. The molecule has 3 rings (SSSR count). The highest BCUT2D eigenvalue weighted by Crippen LogP contribution is 2.45. The van der Waals surface area contributed by atoms with Crippen molar-refractivity contribution in [3.05, 3.63) is 34.9 Å². The zero-order valence-corrected chi connectivity index (χ0v) is 11.2. The summed E-state index contributed by atoms with van der Waals surface area (Å²) in [5, 5.41) is 48.7. The fourth-order valence-electron chi connectivity index (χ4n) is 2.92. The molecule has 2 aliphatic heterocycles. The Morgan fingerprint density at radius 2 is 1.90 bits per heavy atom. The lowest BCUT2D eigenvalue weighted by Crippen LogP contribution is -2.63. The minimum atomic E-state index is -1.65. The molecule has 21 heavy (non-hydrogen) atoms. The first-order chi connectivity index (χ1) is 10.0. The van der Waals surface area contributed by atoms with E-state index in [4.69, 9.17) is 9.47 Å². The fourth-order valence-corrected chi connectivity index (χ4v) is 2.92. The average molecular weight is 298 g/mol. The van der Waals surface area contributed by atoms with Crippen molar-refractivity contribution in [2.45, 2.75) is 43.4 Å². The Morgan fingerprint density at radius 3 is 2.57 bits per heavy atom. The lowest BCUT2D eigenvalue weighted by atomic mass is 9.87. The molecule has 0 bridgehead atoms. The number of rotatable bonds is 2. The van der Waals surface area contributed by atoms with Crippen molar-refractivity contribution in [1.82, 2.24) is 0 Å². The largest absolute Gasteiger partial charge is 0.394 e. The van der Waals surface area contributed by atoms with Gasteiger partial charge in [0.05, 0.1) is 19.8 Å². The van der Waals surface area contributed by atoms with Crippen LogP contribution in [0.5, 0.6) is 0 Å². The van der Waals surface area contributed by atoms with Crippen LogP contribution >= 0.6 is 0 Å². The van der Waals surface area contributed by atoms with Gasteiger partial charge in [0.25, 0.3) is 0 Å². The maximum atomic E-state index is 10.3. The number of aliphatic hydroxyl groups excluding tert-OH is 5. The first kappa shape index (κ1) is 14.9. The first-order valence-electron chi connectivity index (χ1n) is 6.73. The van der Waals surface area contributed by atoms with E-state index in [1.54, 1.807) is 18.2 Å². The second kappa shape index (κ2) is 5.29. The summed E-state index contributed by atoms with van der Waals surface area (Å²) >= 11 is 0. The molecule has 0 unspecified atom stereocenters. The van der Waals surface area contributed by atoms with Gasteiger partial charge in [-0.2, -0.15) is 0 Å². The molecule has 1 aromatic carbocycles. The van der Waals surface area contributed by atoms with E-state index in [-0.39, 0.29) is 13.2 Å². The van der Waals surface area contributed by atoms with Crippen molar-refractivity contribution in [2.24, 2.45) is 0 Å². The highest BCUT2D eigenvalue weighted by atomic mass is 16.7. The molecule has 2 heterocycles. The molecule has 0 saturated carbocycles. The third-order valence-electron chi connectivity index (χ3n) is 4.12. The van der Waals surface area contributed by atoms with E-state index in [2.05, 4.69) is 0 Å². The number of fused-ring (bicyclic) bond motifs is 2. The lowest BCUT2D eigenvalue weighted by molar-refractivity contribution is -0.368. The monoisotopic (exact) mass is 298 g/mol. The molecule has 0 radical (unpaired) electrons. The maximum absolute atomic E-state index is 10.3. The van der Waals surface area contributed by atoms with Crippen LogP contribution in [-0.4, -0.2) is 56.6 Å². The standard InChI is InChI=1S/C14H18O7/c15-4-7-1-2-8-6-20-14(9(8)3-7)13(19)12(18)11(17)10(5-16)21-14/h1-3,10-13,15-19H,4-6H2/t10-,11-,12+,13-,14+/m1/s1. The highest BCUT2D eigenvalue weighted by molar-refractivity contribution is 5.39. The van der Waals surface area contributed by atoms with Gasteiger partial charge < -0.3 is 35.0 Å². The van der Waals surface area contributed by atoms with Gasteiger partial charge >= 0.3 is 0 Å². The lowest BCUT2D eigenvalue weighted by Gasteiger charge is -2.46. The Hall–Kier alpha value is -1.06. The van der Waals surface area contributed by atoms with Gasteiger partial charge in [-0.25, -0.2) is 0 Å². The van der Waals surface area contributed by atoms with E-state index in [0.29, 0.717) is 11.1 Å². The Morgan fingerprint density at radius 1 is 1.14 bits per heavy atom. The van der Waals surface area contributed by atoms with Crippen molar-refractivity contribution in [3.8, 4) is 0 Å². The molecule has 116 valence electrons. The predicted octanol–water partition coefficient (Wildman–Crippen LogP) is -1.66. The zero-order valence-electron chi connectivity index (χ0n) is 11.2. The molecular formula is C14H18O7. The molecular weight excluding hydrogens is 280 g/mol. The number of benzene rings is 1. The molecule has 0 amide bonds. The van der Waals surface area contributed by atoms with E-state index in [0.717, 1.165) is 5.56 Å². The van der Waals surface area contributed by atoms with Gasteiger partial charge in [0.1, 0.15) is 24.4 Å². The Kier molecular flexibility index (Phi) is 3.74. The number of hydrogen-bond acceptors (Lipinski definition) is 7. The number of ether oxygens (including phenoxy) is 2. The van der Waals surface area contributed by atoms with Gasteiger partial charge in [-0.3, -0.25) is 0 Å². The van der Waals surface area contributed by atoms with E-state index in [1.165, 1.54) is 0 Å². The highest BCUT2D eigenvalue weighted by Gasteiger charge is 2.58. The van der Waals surface area contributed by atoms with E-state index in [1.807, 2.05) is 0 Å². The van der Waals surface area contributed by atoms with Crippen molar-refractivity contribution >= 4 is 0 Å². The molecule has 0 aliphatic carbocycles. The number of hydrogen-bond donors (Lipinski definition) is 5. The summed E-state index contributed by atoms with van der Waals surface area (Å²) in [6, 6.07) is 5.10. The second-order valence-electron chi connectivity index (χ2n) is 5.37. The third-order valence-corrected chi connectivity index (χ3v) is 4.12. The van der Waals surface area contributed by atoms with Gasteiger partial charge in [0.2, 0.25) is 5.79 Å². The molecule has 7 nitrogen and oxygen atoms in total. The van der Waals surface area contributed by atoms with Crippen molar-refractivity contribution in [2.75, 3.05) is 6.61 Å². The third kappa shape index (κ3) is 2.09. The van der Waals surface area contributed by atoms with Gasteiger partial charge in [-0.15, -0.1) is 0 Å². The van der Waals surface area contributed by atoms with E-state index < -0.39 is 36.8 Å². The van der Waals surface area contributed by atoms with Crippen LogP contribution in [0.15, 0.2) is 18.2 Å². The van der Waals surface area contributed by atoms with Gasteiger partial charge in [-0.1, -0.05) is 12.1 Å². The summed E-state index contributed by atoms with van der Waals surface area (Å²) in [5.41, 5.74) is 1.85. The van der Waals surface area contributed by atoms with Crippen LogP contribution in [0.3, 0.4) is 0 Å². The van der Waals surface area contributed by atoms with Crippen LogP contribution < -0.4 is 0 Å². The zero-order chi connectivity index (χ0) is 15.2. The van der Waals surface area contributed by atoms with Crippen LogP contribution in [0.2, 0.25) is 0 Å². The second-order valence-corrected chi connectivity index (χ2v) is 5.37. The number of aliphatic hydroxyl groups is 5. The van der Waals surface area contributed by atoms with Crippen LogP contribution in [0, 0.1) is 0 Å². The minimum Gasteiger partial charge on any atom is -0.394 e. The Labute approximate surface area is 121 Å². The summed E-state index contributed by atoms with van der Waals surface area (Å²) in [7, 11) is 0. The van der Waals surface area contributed by atoms with E-state index in [9.17, 15) is 25.5 Å². The van der Waals surface area contributed by atoms with Gasteiger partial charge in [0.15, 0.2) is 0 Å². The van der Waals surface area contributed by atoms with Crippen molar-refractivity contribution in [1.29, 1.82) is 0 Å². The molecule has 1 aromatic rings. The van der Waals surface area contributed by atoms with E-state index >= 15 is 0 Å². The smallest absolute Gasteiger partial charge is 0.225 e. The minimum absolute atomic E-state index is 0.166. The Balaban J connectivity index is 2.06. The summed E-state index contributed by atoms with van der Waals surface area (Å²) in [6.45, 7) is -0.543. The van der Waals surface area contributed by atoms with Crippen LogP contribution in [0.25, 0.3) is 0 Å². The molecule has 5 N–H and O–H groups in total. The van der Waals surface area contributed by atoms with Crippen molar-refractivity contribution < 1.29 is 35.0 Å². The SMILES string of the molecule is OCc1ccc2c(c1)[C@]1(OC2)O[C@H](CO)[C@@H](O)[C@H](O)[C@H]1O. The van der Waals surface area contributed by atoms with Crippen LogP contribution in [0.4, 0.5) is 0 Å². The molecule has 1 spiro atoms. The molecule has 7 heteroatoms. The van der Waals surface area contributed by atoms with Crippen LogP contribution in [0.1, 0.15) is 16.7 Å². The first-order valence-corrected chi connectivity index (χ1v) is 6.73. The molecule has 2 aliphatic rings. The molecule has 5 atom stereocenters. The summed E-state index contributed by atoms with van der Waals surface area (Å²) < 4.78 is 11.2. The fraction of sp³-hybridized carbons (Fsp3) is 0.571. The summed E-state index contributed by atoms with van der Waals surface area (Å²) in [5.74, 6) is -1.65. The Bertz CT molecular complexity index is 532. The normalized spacial score (nSPS) is 38.7. The maximum Gasteiger partial charge on any atom is 0.225 e. The molecule has 1 saturated heterocycles. The quantitative estimate of drug-likeness (QED) is 0.443.